The zero-order valence-electron chi connectivity index (χ0n) is 17.0. The van der Waals surface area contributed by atoms with Crippen LogP contribution < -0.4 is 10.1 Å². The first-order valence-electron chi connectivity index (χ1n) is 9.40. The lowest BCUT2D eigenvalue weighted by molar-refractivity contribution is -0.143. The summed E-state index contributed by atoms with van der Waals surface area (Å²) in [5.41, 5.74) is 0.702. The Morgan fingerprint density at radius 3 is 2.59 bits per heavy atom. The fourth-order valence-electron chi connectivity index (χ4n) is 3.19. The second-order valence-electron chi connectivity index (χ2n) is 6.85. The zero-order valence-corrected chi connectivity index (χ0v) is 17.8. The van der Waals surface area contributed by atoms with E-state index in [0.29, 0.717) is 16.1 Å². The van der Waals surface area contributed by atoms with Crippen molar-refractivity contribution in [1.82, 2.24) is 14.8 Å². The molecule has 2 aromatic carbocycles. The number of carbonyl (C=O) groups is 1. The number of rotatable bonds is 5. The number of amides is 1. The molecular formula is C22H17F3N4O2S. The van der Waals surface area contributed by atoms with Gasteiger partial charge in [-0.1, -0.05) is 29.8 Å². The number of methoxy groups -OCH3 is 1. The number of benzene rings is 2. The van der Waals surface area contributed by atoms with Gasteiger partial charge in [0.1, 0.15) is 5.75 Å². The van der Waals surface area contributed by atoms with Crippen LogP contribution in [-0.4, -0.2) is 27.8 Å². The first-order valence-corrected chi connectivity index (χ1v) is 10.3. The van der Waals surface area contributed by atoms with Gasteiger partial charge in [0, 0.05) is 10.9 Å². The summed E-state index contributed by atoms with van der Waals surface area (Å²) in [4.78, 5) is 17.1. The Bertz CT molecular complexity index is 1270. The number of thiazole rings is 1. The molecule has 0 aliphatic rings. The van der Waals surface area contributed by atoms with Crippen LogP contribution in [0.5, 0.6) is 5.75 Å². The van der Waals surface area contributed by atoms with Crippen molar-refractivity contribution in [1.29, 1.82) is 0 Å². The number of alkyl halides is 3. The number of hydrogen-bond donors (Lipinski definition) is 1. The summed E-state index contributed by atoms with van der Waals surface area (Å²) >= 11 is 1.10. The molecule has 1 N–H and O–H groups in total. The highest BCUT2D eigenvalue weighted by Crippen LogP contribution is 2.35. The van der Waals surface area contributed by atoms with Crippen molar-refractivity contribution in [2.75, 3.05) is 12.4 Å². The molecule has 164 valence electrons. The molecule has 0 unspecified atom stereocenters. The molecule has 1 amide bonds. The van der Waals surface area contributed by atoms with Crippen LogP contribution in [0.25, 0.3) is 16.9 Å². The second kappa shape index (κ2) is 8.46. The number of aromatic nitrogens is 3. The van der Waals surface area contributed by atoms with Gasteiger partial charge < -0.3 is 4.74 Å². The van der Waals surface area contributed by atoms with Crippen molar-refractivity contribution >= 4 is 22.4 Å². The predicted molar refractivity (Wildman–Crippen MR) is 115 cm³/mol. The maximum absolute atomic E-state index is 13.8. The molecule has 0 saturated heterocycles. The highest BCUT2D eigenvalue weighted by Gasteiger charge is 2.40. The fourth-order valence-corrected chi connectivity index (χ4v) is 3.90. The summed E-state index contributed by atoms with van der Waals surface area (Å²) in [6.45, 7) is 1.92. The molecule has 4 aromatic rings. The average Bonchev–Trinajstić information content (AvgIpc) is 3.41. The standard InChI is InChI=1S/C22H17F3N4O2S/c1-13-8-9-18(31-2)15(10-13)17-12-32-21(27-17)28-20(30)16-11-26-29(19(16)22(23,24)25)14-6-4-3-5-7-14/h3-12H,1-2H3,(H,27,28,30). The Hall–Kier alpha value is -3.66. The number of hydrogen-bond acceptors (Lipinski definition) is 5. The number of nitrogens with one attached hydrogen (secondary N) is 1. The van der Waals surface area contributed by atoms with Crippen molar-refractivity contribution in [2.45, 2.75) is 13.1 Å². The molecular weight excluding hydrogens is 441 g/mol. The van der Waals surface area contributed by atoms with Crippen molar-refractivity contribution in [3.8, 4) is 22.7 Å². The van der Waals surface area contributed by atoms with E-state index in [1.807, 2.05) is 19.1 Å². The van der Waals surface area contributed by atoms with Crippen molar-refractivity contribution in [2.24, 2.45) is 0 Å². The van der Waals surface area contributed by atoms with Gasteiger partial charge in [-0.25, -0.2) is 9.67 Å². The topological polar surface area (TPSA) is 69.0 Å². The summed E-state index contributed by atoms with van der Waals surface area (Å²) in [5, 5.41) is 8.12. The summed E-state index contributed by atoms with van der Waals surface area (Å²) in [6, 6.07) is 13.4. The van der Waals surface area contributed by atoms with Gasteiger partial charge in [-0.3, -0.25) is 10.1 Å². The molecule has 0 aliphatic carbocycles. The maximum atomic E-state index is 13.8. The monoisotopic (exact) mass is 458 g/mol. The molecule has 0 bridgehead atoms. The molecule has 0 saturated carbocycles. The lowest BCUT2D eigenvalue weighted by Crippen LogP contribution is -2.20. The van der Waals surface area contributed by atoms with Gasteiger partial charge in [0.15, 0.2) is 10.8 Å². The number of nitrogens with zero attached hydrogens (tertiary/aromatic N) is 3. The van der Waals surface area contributed by atoms with Crippen LogP contribution in [0.15, 0.2) is 60.1 Å². The molecule has 0 atom stereocenters. The number of ether oxygens (including phenoxy) is 1. The van der Waals surface area contributed by atoms with Gasteiger partial charge in [0.25, 0.3) is 5.91 Å². The van der Waals surface area contributed by atoms with E-state index < -0.39 is 23.3 Å². The van der Waals surface area contributed by atoms with E-state index in [2.05, 4.69) is 15.4 Å². The third kappa shape index (κ3) is 4.22. The van der Waals surface area contributed by atoms with Gasteiger partial charge in [-0.05, 0) is 31.2 Å². The van der Waals surface area contributed by atoms with Gasteiger partial charge in [-0.15, -0.1) is 11.3 Å². The molecule has 4 rings (SSSR count). The Kier molecular flexibility index (Phi) is 5.70. The summed E-state index contributed by atoms with van der Waals surface area (Å²) in [7, 11) is 1.53. The molecule has 0 aliphatic heterocycles. The van der Waals surface area contributed by atoms with Crippen molar-refractivity contribution in [3.63, 3.8) is 0 Å². The lowest BCUT2D eigenvalue weighted by atomic mass is 10.1. The number of anilines is 1. The first-order chi connectivity index (χ1) is 15.3. The van der Waals surface area contributed by atoms with Gasteiger partial charge in [0.05, 0.1) is 30.3 Å². The Labute approximate surface area is 185 Å². The van der Waals surface area contributed by atoms with Crippen LogP contribution in [0.1, 0.15) is 21.6 Å². The third-order valence-corrected chi connectivity index (χ3v) is 5.40. The van der Waals surface area contributed by atoms with Crippen molar-refractivity contribution < 1.29 is 22.7 Å². The van der Waals surface area contributed by atoms with Crippen LogP contribution in [0.3, 0.4) is 0 Å². The van der Waals surface area contributed by atoms with Crippen LogP contribution in [0, 0.1) is 6.92 Å². The number of para-hydroxylation sites is 1. The number of aryl methyl sites for hydroxylation is 1. The molecule has 0 fully saturated rings. The minimum atomic E-state index is -4.79. The van der Waals surface area contributed by atoms with E-state index in [1.54, 1.807) is 29.6 Å². The van der Waals surface area contributed by atoms with E-state index in [1.165, 1.54) is 19.2 Å². The van der Waals surface area contributed by atoms with Crippen LogP contribution >= 0.6 is 11.3 Å². The summed E-state index contributed by atoms with van der Waals surface area (Å²) in [5.74, 6) is -0.348. The quantitative estimate of drug-likeness (QED) is 0.424. The normalized spacial score (nSPS) is 11.4. The molecule has 2 aromatic heterocycles. The van der Waals surface area contributed by atoms with E-state index in [4.69, 9.17) is 4.74 Å². The molecule has 0 radical (unpaired) electrons. The minimum absolute atomic E-state index is 0.161. The van der Waals surface area contributed by atoms with Crippen LogP contribution in [0.4, 0.5) is 18.3 Å². The van der Waals surface area contributed by atoms with Gasteiger partial charge in [-0.2, -0.15) is 18.3 Å². The number of halogens is 3. The largest absolute Gasteiger partial charge is 0.496 e. The Balaban J connectivity index is 1.65. The molecule has 6 nitrogen and oxygen atoms in total. The molecule has 32 heavy (non-hydrogen) atoms. The van der Waals surface area contributed by atoms with Crippen molar-refractivity contribution in [3.05, 3.63) is 76.9 Å². The van der Waals surface area contributed by atoms with Gasteiger partial charge in [0.2, 0.25) is 0 Å². The van der Waals surface area contributed by atoms with E-state index in [9.17, 15) is 18.0 Å². The number of carbonyl (C=O) groups excluding carboxylic acids is 1. The zero-order chi connectivity index (χ0) is 22.9. The maximum Gasteiger partial charge on any atom is 0.434 e. The smallest absolute Gasteiger partial charge is 0.434 e. The van der Waals surface area contributed by atoms with E-state index >= 15 is 0 Å². The predicted octanol–water partition coefficient (Wildman–Crippen LogP) is 5.58. The highest BCUT2D eigenvalue weighted by molar-refractivity contribution is 7.14. The molecule has 2 heterocycles. The molecule has 10 heteroatoms. The summed E-state index contributed by atoms with van der Waals surface area (Å²) < 4.78 is 47.5. The van der Waals surface area contributed by atoms with E-state index in [-0.39, 0.29) is 10.8 Å². The summed E-state index contributed by atoms with van der Waals surface area (Å²) in [6.07, 6.45) is -3.88. The molecule has 0 spiro atoms. The minimum Gasteiger partial charge on any atom is -0.496 e. The van der Waals surface area contributed by atoms with Crippen LogP contribution in [-0.2, 0) is 6.18 Å². The van der Waals surface area contributed by atoms with E-state index in [0.717, 1.165) is 28.7 Å². The second-order valence-corrected chi connectivity index (χ2v) is 7.71. The Morgan fingerprint density at radius 2 is 1.91 bits per heavy atom. The fraction of sp³-hybridized carbons (Fsp3) is 0.136. The average molecular weight is 458 g/mol. The third-order valence-electron chi connectivity index (χ3n) is 4.64. The van der Waals surface area contributed by atoms with Crippen LogP contribution in [0.2, 0.25) is 0 Å². The Morgan fingerprint density at radius 1 is 1.16 bits per heavy atom. The highest BCUT2D eigenvalue weighted by atomic mass is 32.1. The lowest BCUT2D eigenvalue weighted by Gasteiger charge is -2.12. The van der Waals surface area contributed by atoms with Gasteiger partial charge >= 0.3 is 6.18 Å². The first kappa shape index (κ1) is 21.6. The SMILES string of the molecule is COc1ccc(C)cc1-c1csc(NC(=O)c2cnn(-c3ccccc3)c2C(F)(F)F)n1.